The van der Waals surface area contributed by atoms with E-state index in [-0.39, 0.29) is 5.56 Å². The van der Waals surface area contributed by atoms with Crippen LogP contribution in [0.2, 0.25) is 0 Å². The van der Waals surface area contributed by atoms with E-state index in [0.29, 0.717) is 12.6 Å². The molecule has 1 unspecified atom stereocenters. The number of likely N-dealkylation sites (N-methyl/N-ethyl adjacent to an activating group) is 1. The summed E-state index contributed by atoms with van der Waals surface area (Å²) in [5.41, 5.74) is -0.523. The average Bonchev–Trinajstić information content (AvgIpc) is 2.40. The molecule has 0 aliphatic rings. The lowest BCUT2D eigenvalue weighted by atomic mass is 10.2. The molecule has 0 aromatic heterocycles. The van der Waals surface area contributed by atoms with Crippen LogP contribution in [0.3, 0.4) is 0 Å². The number of nitrogens with one attached hydrogen (secondary N) is 2. The van der Waals surface area contributed by atoms with Crippen LogP contribution in [0.25, 0.3) is 0 Å². The fraction of sp³-hybridized carbons (Fsp3) is 0.417. The molecule has 2 N–H and O–H groups in total. The summed E-state index contributed by atoms with van der Waals surface area (Å²) in [6, 6.07) is 0.292. The van der Waals surface area contributed by atoms with Crippen molar-refractivity contribution in [3.63, 3.8) is 0 Å². The molecule has 0 radical (unpaired) electrons. The van der Waals surface area contributed by atoms with Gasteiger partial charge in [0, 0.05) is 12.1 Å². The Morgan fingerprint density at radius 2 is 2.05 bits per heavy atom. The van der Waals surface area contributed by atoms with Crippen molar-refractivity contribution < 1.29 is 22.5 Å². The molecule has 1 aromatic carbocycles. The van der Waals surface area contributed by atoms with Crippen LogP contribution in [-0.4, -0.2) is 31.8 Å². The van der Waals surface area contributed by atoms with Crippen molar-refractivity contribution >= 4 is 21.6 Å². The number of sulfonamides is 1. The van der Waals surface area contributed by atoms with Gasteiger partial charge in [0.2, 0.25) is 15.9 Å². The maximum Gasteiger partial charge on any atom is 0.275 e. The molecule has 0 saturated heterocycles. The van der Waals surface area contributed by atoms with E-state index in [0.717, 1.165) is 6.07 Å². The number of carbonyl (C=O) groups excluding carboxylic acids is 1. The van der Waals surface area contributed by atoms with Gasteiger partial charge in [-0.1, -0.05) is 0 Å². The van der Waals surface area contributed by atoms with Gasteiger partial charge in [-0.2, -0.15) is 4.72 Å². The molecule has 8 nitrogen and oxygen atoms in total. The van der Waals surface area contributed by atoms with E-state index in [1.165, 1.54) is 13.8 Å². The van der Waals surface area contributed by atoms with Gasteiger partial charge < -0.3 is 5.32 Å². The van der Waals surface area contributed by atoms with Crippen LogP contribution in [0.5, 0.6) is 0 Å². The third-order valence-electron chi connectivity index (χ3n) is 2.81. The fourth-order valence-electron chi connectivity index (χ4n) is 1.72. The quantitative estimate of drug-likeness (QED) is 0.591. The van der Waals surface area contributed by atoms with Crippen LogP contribution in [0, 0.1) is 22.9 Å². The Morgan fingerprint density at radius 3 is 2.55 bits per heavy atom. The van der Waals surface area contributed by atoms with Gasteiger partial charge in [-0.15, -0.1) is 0 Å². The highest BCUT2D eigenvalue weighted by Gasteiger charge is 2.27. The summed E-state index contributed by atoms with van der Waals surface area (Å²) in [5.74, 6) is -1.82. The first-order valence-electron chi connectivity index (χ1n) is 6.34. The van der Waals surface area contributed by atoms with Crippen LogP contribution >= 0.6 is 0 Å². The number of rotatable bonds is 6. The maximum absolute atomic E-state index is 13.9. The average molecular weight is 333 g/mol. The highest BCUT2D eigenvalue weighted by molar-refractivity contribution is 7.89. The zero-order valence-electron chi connectivity index (χ0n) is 12.2. The van der Waals surface area contributed by atoms with E-state index >= 15 is 0 Å². The van der Waals surface area contributed by atoms with Crippen molar-refractivity contribution in [2.45, 2.75) is 31.7 Å². The minimum absolute atomic E-state index is 0.00237. The van der Waals surface area contributed by atoms with Crippen LogP contribution in [0.15, 0.2) is 17.0 Å². The first kappa shape index (κ1) is 18.0. The smallest absolute Gasteiger partial charge is 0.275 e. The minimum atomic E-state index is -4.33. The zero-order valence-corrected chi connectivity index (χ0v) is 13.0. The predicted octanol–water partition coefficient (Wildman–Crippen LogP) is 0.845. The number of hydrogen-bond acceptors (Lipinski definition) is 5. The van der Waals surface area contributed by atoms with E-state index in [2.05, 4.69) is 5.32 Å². The van der Waals surface area contributed by atoms with Crippen molar-refractivity contribution in [1.82, 2.24) is 10.0 Å². The lowest BCUT2D eigenvalue weighted by Gasteiger charge is -2.14. The Balaban J connectivity index is 3.16. The number of hydrogen-bond donors (Lipinski definition) is 2. The maximum atomic E-state index is 13.9. The predicted molar refractivity (Wildman–Crippen MR) is 76.3 cm³/mol. The van der Waals surface area contributed by atoms with Crippen molar-refractivity contribution in [3.05, 3.63) is 33.6 Å². The molecule has 10 heteroatoms. The van der Waals surface area contributed by atoms with E-state index in [1.54, 1.807) is 6.92 Å². The van der Waals surface area contributed by atoms with Gasteiger partial charge in [-0.05, 0) is 26.8 Å². The molecule has 1 rings (SSSR count). The summed E-state index contributed by atoms with van der Waals surface area (Å²) in [5, 5.41) is 13.1. The number of nitro benzene ring substituents is 1. The number of amides is 1. The Morgan fingerprint density at radius 1 is 1.45 bits per heavy atom. The number of carbonyl (C=O) groups is 1. The molecule has 122 valence electrons. The lowest BCUT2D eigenvalue weighted by molar-refractivity contribution is -0.385. The Hall–Kier alpha value is -2.07. The third-order valence-corrected chi connectivity index (χ3v) is 4.37. The topological polar surface area (TPSA) is 118 Å². The molecule has 0 spiro atoms. The summed E-state index contributed by atoms with van der Waals surface area (Å²) in [6.45, 7) is 4.58. The summed E-state index contributed by atoms with van der Waals surface area (Å²) >= 11 is 0. The van der Waals surface area contributed by atoms with Gasteiger partial charge in [0.15, 0.2) is 0 Å². The molecule has 0 aliphatic heterocycles. The summed E-state index contributed by atoms with van der Waals surface area (Å²) < 4.78 is 40.1. The molecule has 1 aromatic rings. The van der Waals surface area contributed by atoms with Gasteiger partial charge in [-0.3, -0.25) is 14.9 Å². The molecule has 0 saturated carbocycles. The Labute approximate surface area is 126 Å². The van der Waals surface area contributed by atoms with Crippen LogP contribution < -0.4 is 10.0 Å². The van der Waals surface area contributed by atoms with Gasteiger partial charge in [0.1, 0.15) is 10.7 Å². The highest BCUT2D eigenvalue weighted by Crippen LogP contribution is 2.25. The molecule has 1 amide bonds. The highest BCUT2D eigenvalue weighted by atomic mass is 32.2. The standard InChI is InChI=1S/C12H16FN3O5S/c1-4-14-12(17)8(3)15-22(20,21)11-5-7(2)10(16(18)19)6-9(11)13/h5-6,8,15H,4H2,1-3H3,(H,14,17). The van der Waals surface area contributed by atoms with Crippen molar-refractivity contribution in [3.8, 4) is 0 Å². The van der Waals surface area contributed by atoms with Crippen LogP contribution in [0.4, 0.5) is 10.1 Å². The van der Waals surface area contributed by atoms with Gasteiger partial charge in [0.25, 0.3) is 5.69 Å². The number of benzene rings is 1. The largest absolute Gasteiger partial charge is 0.355 e. The van der Waals surface area contributed by atoms with Gasteiger partial charge in [0.05, 0.1) is 17.0 Å². The second-order valence-electron chi connectivity index (χ2n) is 4.56. The first-order valence-corrected chi connectivity index (χ1v) is 7.83. The van der Waals surface area contributed by atoms with Crippen LogP contribution in [-0.2, 0) is 14.8 Å². The molecular formula is C12H16FN3O5S. The molecule has 0 fully saturated rings. The van der Waals surface area contributed by atoms with Crippen molar-refractivity contribution in [2.24, 2.45) is 0 Å². The second-order valence-corrected chi connectivity index (χ2v) is 6.25. The Kier molecular flexibility index (Phi) is 5.55. The zero-order chi connectivity index (χ0) is 17.1. The van der Waals surface area contributed by atoms with E-state index in [1.807, 2.05) is 4.72 Å². The van der Waals surface area contributed by atoms with E-state index < -0.39 is 43.3 Å². The number of halogens is 1. The van der Waals surface area contributed by atoms with Crippen molar-refractivity contribution in [2.75, 3.05) is 6.54 Å². The lowest BCUT2D eigenvalue weighted by Crippen LogP contribution is -2.44. The summed E-state index contributed by atoms with van der Waals surface area (Å²) in [7, 11) is -4.33. The molecule has 0 heterocycles. The van der Waals surface area contributed by atoms with E-state index in [4.69, 9.17) is 0 Å². The van der Waals surface area contributed by atoms with E-state index in [9.17, 15) is 27.7 Å². The van der Waals surface area contributed by atoms with Gasteiger partial charge >= 0.3 is 0 Å². The molecule has 0 bridgehead atoms. The summed E-state index contributed by atoms with van der Waals surface area (Å²) in [6.07, 6.45) is 0. The number of aryl methyl sites for hydroxylation is 1. The number of nitro groups is 1. The SMILES string of the molecule is CCNC(=O)C(C)NS(=O)(=O)c1cc(C)c([N+](=O)[O-])cc1F. The first-order chi connectivity index (χ1) is 10.1. The normalized spacial score (nSPS) is 12.7. The second kappa shape index (κ2) is 6.79. The van der Waals surface area contributed by atoms with Gasteiger partial charge in [-0.25, -0.2) is 12.8 Å². The fourth-order valence-corrected chi connectivity index (χ4v) is 3.07. The van der Waals surface area contributed by atoms with Crippen LogP contribution in [0.1, 0.15) is 19.4 Å². The monoisotopic (exact) mass is 333 g/mol. The molecule has 22 heavy (non-hydrogen) atoms. The summed E-state index contributed by atoms with van der Waals surface area (Å²) in [4.78, 5) is 20.7. The number of nitrogens with zero attached hydrogens (tertiary/aromatic N) is 1. The van der Waals surface area contributed by atoms with Crippen molar-refractivity contribution in [1.29, 1.82) is 0 Å². The molecule has 0 aliphatic carbocycles. The molecular weight excluding hydrogens is 317 g/mol. The Bertz CT molecular complexity index is 705. The third kappa shape index (κ3) is 3.98. The minimum Gasteiger partial charge on any atom is -0.355 e. The molecule has 1 atom stereocenters.